The Hall–Kier alpha value is -4.89. The molecule has 0 spiro atoms. The summed E-state index contributed by atoms with van der Waals surface area (Å²) in [6, 6.07) is 18.1. The predicted molar refractivity (Wildman–Crippen MR) is 132 cm³/mol. The minimum atomic E-state index is -0.629. The van der Waals surface area contributed by atoms with Crippen LogP contribution in [0.1, 0.15) is 20.7 Å². The molecular formula is C26H12ClN3O6. The van der Waals surface area contributed by atoms with Crippen LogP contribution < -0.4 is 10.5 Å². The quantitative estimate of drug-likeness (QED) is 0.186. The Morgan fingerprint density at radius 2 is 1.61 bits per heavy atom. The molecule has 0 fully saturated rings. The number of halogens is 1. The lowest BCUT2D eigenvalue weighted by atomic mass is 9.92. The molecule has 0 bridgehead atoms. The number of rotatable bonds is 3. The molecule has 174 valence electrons. The highest BCUT2D eigenvalue weighted by atomic mass is 35.5. The third-order valence-electron chi connectivity index (χ3n) is 6.02. The van der Waals surface area contributed by atoms with E-state index in [0.29, 0.717) is 16.1 Å². The number of hydrogen-bond acceptors (Lipinski definition) is 7. The zero-order valence-electron chi connectivity index (χ0n) is 18.1. The van der Waals surface area contributed by atoms with Gasteiger partial charge < -0.3 is 4.42 Å². The average molecular weight is 498 g/mol. The van der Waals surface area contributed by atoms with Gasteiger partial charge in [0.1, 0.15) is 0 Å². The van der Waals surface area contributed by atoms with E-state index in [1.165, 1.54) is 42.5 Å². The van der Waals surface area contributed by atoms with Gasteiger partial charge in [0.05, 0.1) is 26.9 Å². The van der Waals surface area contributed by atoms with Crippen LogP contribution in [0.2, 0.25) is 5.02 Å². The summed E-state index contributed by atoms with van der Waals surface area (Å²) in [5.74, 6) is -1.25. The van der Waals surface area contributed by atoms with E-state index < -0.39 is 22.4 Å². The van der Waals surface area contributed by atoms with Gasteiger partial charge in [-0.1, -0.05) is 23.7 Å². The van der Waals surface area contributed by atoms with Crippen molar-refractivity contribution in [1.82, 2.24) is 4.98 Å². The molecule has 1 aliphatic heterocycles. The molecule has 0 aliphatic carbocycles. The molecule has 1 aromatic heterocycles. The second-order valence-corrected chi connectivity index (χ2v) is 8.52. The van der Waals surface area contributed by atoms with E-state index in [9.17, 15) is 24.5 Å². The fourth-order valence-electron chi connectivity index (χ4n) is 4.42. The monoisotopic (exact) mass is 497 g/mol. The van der Waals surface area contributed by atoms with Crippen molar-refractivity contribution in [3.05, 3.63) is 109 Å². The summed E-state index contributed by atoms with van der Waals surface area (Å²) in [5, 5.41) is 12.5. The van der Waals surface area contributed by atoms with Crippen LogP contribution in [0.4, 0.5) is 11.4 Å². The van der Waals surface area contributed by atoms with Gasteiger partial charge in [0.2, 0.25) is 5.89 Å². The van der Waals surface area contributed by atoms with Gasteiger partial charge in [0.15, 0.2) is 0 Å². The van der Waals surface area contributed by atoms with Gasteiger partial charge in [-0.15, -0.1) is 0 Å². The Morgan fingerprint density at radius 1 is 0.861 bits per heavy atom. The molecule has 4 aromatic carbocycles. The van der Waals surface area contributed by atoms with Crippen molar-refractivity contribution >= 4 is 56.5 Å². The van der Waals surface area contributed by atoms with Crippen molar-refractivity contribution in [2.75, 3.05) is 4.90 Å². The molecule has 0 radical (unpaired) electrons. The van der Waals surface area contributed by atoms with Crippen molar-refractivity contribution in [1.29, 1.82) is 0 Å². The van der Waals surface area contributed by atoms with Gasteiger partial charge in [-0.3, -0.25) is 19.7 Å². The summed E-state index contributed by atoms with van der Waals surface area (Å²) in [5.41, 5.74) is 0.495. The molecule has 10 heteroatoms. The number of benzene rings is 4. The van der Waals surface area contributed by atoms with E-state index in [4.69, 9.17) is 16.0 Å². The molecule has 1 aliphatic rings. The second kappa shape index (κ2) is 7.82. The maximum Gasteiger partial charge on any atom is 0.347 e. The van der Waals surface area contributed by atoms with Crippen molar-refractivity contribution in [2.45, 2.75) is 0 Å². The lowest BCUT2D eigenvalue weighted by Crippen LogP contribution is -2.40. The fraction of sp³-hybridized carbons (Fsp3) is 0. The van der Waals surface area contributed by atoms with Crippen LogP contribution in [0.5, 0.6) is 0 Å². The lowest BCUT2D eigenvalue weighted by Gasteiger charge is -2.27. The molecule has 0 N–H and O–H groups in total. The molecule has 0 atom stereocenters. The summed E-state index contributed by atoms with van der Waals surface area (Å²) in [4.78, 5) is 55.7. The molecule has 6 rings (SSSR count). The minimum Gasteiger partial charge on any atom is -0.403 e. The van der Waals surface area contributed by atoms with Crippen LogP contribution in [0, 0.1) is 10.1 Å². The first-order valence-corrected chi connectivity index (χ1v) is 11.0. The molecule has 2 heterocycles. The number of nitrogens with zero attached hydrogens (tertiary/aromatic N) is 3. The maximum atomic E-state index is 13.4. The topological polar surface area (TPSA) is 124 Å². The van der Waals surface area contributed by atoms with E-state index in [2.05, 4.69) is 4.98 Å². The molecule has 36 heavy (non-hydrogen) atoms. The Balaban J connectivity index is 1.48. The van der Waals surface area contributed by atoms with Crippen molar-refractivity contribution in [2.24, 2.45) is 0 Å². The van der Waals surface area contributed by atoms with Gasteiger partial charge in [0, 0.05) is 33.2 Å². The summed E-state index contributed by atoms with van der Waals surface area (Å²) in [7, 11) is 0. The molecule has 9 nitrogen and oxygen atoms in total. The molecule has 5 aromatic rings. The maximum absolute atomic E-state index is 13.4. The Kier molecular flexibility index (Phi) is 4.70. The average Bonchev–Trinajstić information content (AvgIpc) is 2.87. The van der Waals surface area contributed by atoms with Crippen LogP contribution in [-0.4, -0.2) is 21.7 Å². The number of hydrogen-bond donors (Lipinski definition) is 0. The number of non-ortho nitro benzene ring substituents is 1. The standard InChI is InChI=1S/C26H12ClN3O6/c27-14-7-9-20-19(12-14)26(33)36-23(28-20)13-3-1-4-15(11-13)29-24(31)17-6-2-5-16-21(30(34)35)10-8-18(22(16)17)25(29)32/h1-12H. The third-order valence-corrected chi connectivity index (χ3v) is 6.26. The Bertz CT molecular complexity index is 1840. The van der Waals surface area contributed by atoms with Gasteiger partial charge >= 0.3 is 5.63 Å². The summed E-state index contributed by atoms with van der Waals surface area (Å²) < 4.78 is 5.39. The molecule has 0 saturated carbocycles. The van der Waals surface area contributed by atoms with Gasteiger partial charge in [-0.05, 0) is 54.6 Å². The molecule has 2 amide bonds. The van der Waals surface area contributed by atoms with Crippen molar-refractivity contribution in [3.8, 4) is 11.5 Å². The zero-order valence-corrected chi connectivity index (χ0v) is 18.9. The van der Waals surface area contributed by atoms with Crippen molar-refractivity contribution in [3.63, 3.8) is 0 Å². The highest BCUT2D eigenvalue weighted by molar-refractivity contribution is 6.36. The Morgan fingerprint density at radius 3 is 2.39 bits per heavy atom. The number of anilines is 1. The number of amides is 2. The number of carbonyl (C=O) groups excluding carboxylic acids is 2. The Labute approximate surface area is 206 Å². The first-order valence-electron chi connectivity index (χ1n) is 10.6. The number of fused-ring (bicyclic) bond motifs is 1. The van der Waals surface area contributed by atoms with Crippen LogP contribution >= 0.6 is 11.6 Å². The highest BCUT2D eigenvalue weighted by Gasteiger charge is 2.35. The van der Waals surface area contributed by atoms with E-state index in [1.807, 2.05) is 0 Å². The van der Waals surface area contributed by atoms with Crippen LogP contribution in [-0.2, 0) is 0 Å². The highest BCUT2D eigenvalue weighted by Crippen LogP contribution is 2.37. The largest absolute Gasteiger partial charge is 0.403 e. The van der Waals surface area contributed by atoms with Gasteiger partial charge in [-0.2, -0.15) is 0 Å². The number of imide groups is 1. The van der Waals surface area contributed by atoms with E-state index in [0.717, 1.165) is 4.90 Å². The number of carbonyl (C=O) groups is 2. The van der Waals surface area contributed by atoms with Crippen LogP contribution in [0.25, 0.3) is 33.1 Å². The van der Waals surface area contributed by atoms with Gasteiger partial charge in [-0.25, -0.2) is 14.7 Å². The first-order chi connectivity index (χ1) is 17.3. The van der Waals surface area contributed by atoms with Crippen LogP contribution in [0.15, 0.2) is 82.0 Å². The molecular weight excluding hydrogens is 486 g/mol. The SMILES string of the molecule is O=C1c2cccc3c([N+](=O)[O-])ccc(c23)C(=O)N1c1cccc(-c2nc3ccc(Cl)cc3c(=O)o2)c1. The van der Waals surface area contributed by atoms with E-state index in [-0.39, 0.29) is 44.6 Å². The summed E-state index contributed by atoms with van der Waals surface area (Å²) in [6.07, 6.45) is 0. The second-order valence-electron chi connectivity index (χ2n) is 8.08. The minimum absolute atomic E-state index is 0.00621. The fourth-order valence-corrected chi connectivity index (χ4v) is 4.59. The smallest absolute Gasteiger partial charge is 0.347 e. The molecule has 0 unspecified atom stereocenters. The lowest BCUT2D eigenvalue weighted by molar-refractivity contribution is -0.383. The zero-order chi connectivity index (χ0) is 25.1. The van der Waals surface area contributed by atoms with Gasteiger partial charge in [0.25, 0.3) is 17.5 Å². The number of aromatic nitrogens is 1. The predicted octanol–water partition coefficient (Wildman–Crippen LogP) is 5.37. The number of nitro groups is 1. The first kappa shape index (κ1) is 21.6. The van der Waals surface area contributed by atoms with Crippen LogP contribution in [0.3, 0.4) is 0 Å². The number of nitro benzene ring substituents is 1. The normalized spacial score (nSPS) is 13.0. The summed E-state index contributed by atoms with van der Waals surface area (Å²) in [6.45, 7) is 0. The summed E-state index contributed by atoms with van der Waals surface area (Å²) >= 11 is 5.96. The third kappa shape index (κ3) is 3.18. The van der Waals surface area contributed by atoms with E-state index in [1.54, 1.807) is 30.3 Å². The van der Waals surface area contributed by atoms with E-state index >= 15 is 0 Å². The molecule has 0 saturated heterocycles. The van der Waals surface area contributed by atoms with Crippen molar-refractivity contribution < 1.29 is 18.9 Å².